The van der Waals surface area contributed by atoms with E-state index >= 15 is 0 Å². The van der Waals surface area contributed by atoms with Crippen LogP contribution in [0.2, 0.25) is 0 Å². The molecular weight excluding hydrogens is 252 g/mol. The second kappa shape index (κ2) is 7.33. The van der Waals surface area contributed by atoms with Gasteiger partial charge in [-0.2, -0.15) is 0 Å². The molecule has 0 bridgehead atoms. The van der Waals surface area contributed by atoms with Gasteiger partial charge in [0, 0.05) is 25.1 Å². The van der Waals surface area contributed by atoms with Gasteiger partial charge in [-0.05, 0) is 13.3 Å². The van der Waals surface area contributed by atoms with Crippen LogP contribution >= 0.6 is 11.3 Å². The number of ether oxygens (including phenoxy) is 1. The van der Waals surface area contributed by atoms with Crippen LogP contribution in [0.5, 0.6) is 0 Å². The van der Waals surface area contributed by atoms with Crippen LogP contribution in [0.4, 0.5) is 5.13 Å². The van der Waals surface area contributed by atoms with Gasteiger partial charge in [-0.3, -0.25) is 4.79 Å². The second-order valence-electron chi connectivity index (χ2n) is 4.14. The SMILES string of the molecule is CCC(C)N(CCOC)c1nc(CC(=O)O)cs1. The lowest BCUT2D eigenvalue weighted by Gasteiger charge is -2.27. The van der Waals surface area contributed by atoms with Gasteiger partial charge in [-0.25, -0.2) is 4.98 Å². The summed E-state index contributed by atoms with van der Waals surface area (Å²) in [4.78, 5) is 17.2. The number of carboxylic acid groups (broad SMARTS) is 1. The van der Waals surface area contributed by atoms with Crippen molar-refractivity contribution in [1.29, 1.82) is 0 Å². The van der Waals surface area contributed by atoms with Gasteiger partial charge in [0.2, 0.25) is 0 Å². The Morgan fingerprint density at radius 3 is 2.94 bits per heavy atom. The average Bonchev–Trinajstić information content (AvgIpc) is 2.76. The Kier molecular flexibility index (Phi) is 6.07. The number of thiazole rings is 1. The molecule has 0 aliphatic heterocycles. The number of aliphatic carboxylic acids is 1. The molecule has 1 aromatic heterocycles. The number of hydrogen-bond acceptors (Lipinski definition) is 5. The number of carboxylic acids is 1. The molecule has 0 aromatic carbocycles. The van der Waals surface area contributed by atoms with Crippen molar-refractivity contribution in [2.24, 2.45) is 0 Å². The molecule has 5 nitrogen and oxygen atoms in total. The van der Waals surface area contributed by atoms with Crippen molar-refractivity contribution in [3.63, 3.8) is 0 Å². The summed E-state index contributed by atoms with van der Waals surface area (Å²) in [6.45, 7) is 5.66. The van der Waals surface area contributed by atoms with Gasteiger partial charge >= 0.3 is 5.97 Å². The van der Waals surface area contributed by atoms with Crippen LogP contribution in [0.25, 0.3) is 0 Å². The Balaban J connectivity index is 2.77. The van der Waals surface area contributed by atoms with E-state index in [2.05, 4.69) is 23.7 Å². The molecule has 1 rings (SSSR count). The van der Waals surface area contributed by atoms with Crippen molar-refractivity contribution in [1.82, 2.24) is 4.98 Å². The summed E-state index contributed by atoms with van der Waals surface area (Å²) in [5.74, 6) is -0.848. The minimum absolute atomic E-state index is 0.0187. The molecule has 18 heavy (non-hydrogen) atoms. The zero-order valence-electron chi connectivity index (χ0n) is 11.0. The number of methoxy groups -OCH3 is 1. The Labute approximate surface area is 111 Å². The summed E-state index contributed by atoms with van der Waals surface area (Å²) in [6.07, 6.45) is 0.993. The van der Waals surface area contributed by atoms with Crippen LogP contribution in [0.1, 0.15) is 26.0 Å². The molecule has 0 aliphatic rings. The first-order valence-electron chi connectivity index (χ1n) is 6.00. The molecule has 1 unspecified atom stereocenters. The highest BCUT2D eigenvalue weighted by atomic mass is 32.1. The third-order valence-electron chi connectivity index (χ3n) is 2.78. The summed E-state index contributed by atoms with van der Waals surface area (Å²) >= 11 is 1.49. The molecule has 6 heteroatoms. The molecule has 0 saturated carbocycles. The van der Waals surface area contributed by atoms with Gasteiger partial charge in [-0.1, -0.05) is 6.92 Å². The van der Waals surface area contributed by atoms with E-state index in [9.17, 15) is 4.79 Å². The maximum Gasteiger partial charge on any atom is 0.309 e. The molecule has 0 amide bonds. The van der Waals surface area contributed by atoms with Crippen molar-refractivity contribution in [3.05, 3.63) is 11.1 Å². The maximum absolute atomic E-state index is 10.6. The van der Waals surface area contributed by atoms with Crippen LogP contribution in [-0.4, -0.2) is 42.4 Å². The van der Waals surface area contributed by atoms with Crippen LogP contribution in [0.3, 0.4) is 0 Å². The fraction of sp³-hybridized carbons (Fsp3) is 0.667. The largest absolute Gasteiger partial charge is 0.481 e. The quantitative estimate of drug-likeness (QED) is 0.784. The lowest BCUT2D eigenvalue weighted by Crippen LogP contribution is -2.35. The van der Waals surface area contributed by atoms with Crippen molar-refractivity contribution < 1.29 is 14.6 Å². The van der Waals surface area contributed by atoms with Crippen molar-refractivity contribution >= 4 is 22.4 Å². The standard InChI is InChI=1S/C12H20N2O3S/c1-4-9(2)14(5-6-17-3)12-13-10(8-18-12)7-11(15)16/h8-9H,4-7H2,1-3H3,(H,15,16). The van der Waals surface area contributed by atoms with Crippen LogP contribution in [0.15, 0.2) is 5.38 Å². The normalized spacial score (nSPS) is 12.4. The van der Waals surface area contributed by atoms with Gasteiger partial charge in [0.15, 0.2) is 5.13 Å². The fourth-order valence-corrected chi connectivity index (χ4v) is 2.53. The Morgan fingerprint density at radius 2 is 2.39 bits per heavy atom. The maximum atomic E-state index is 10.6. The van der Waals surface area contributed by atoms with E-state index in [-0.39, 0.29) is 6.42 Å². The van der Waals surface area contributed by atoms with E-state index in [1.165, 1.54) is 11.3 Å². The monoisotopic (exact) mass is 272 g/mol. The van der Waals surface area contributed by atoms with Gasteiger partial charge in [0.25, 0.3) is 0 Å². The Hall–Kier alpha value is -1.14. The highest BCUT2D eigenvalue weighted by Gasteiger charge is 2.17. The first-order valence-corrected chi connectivity index (χ1v) is 6.88. The lowest BCUT2D eigenvalue weighted by atomic mass is 10.2. The van der Waals surface area contributed by atoms with E-state index in [1.54, 1.807) is 7.11 Å². The molecule has 1 N–H and O–H groups in total. The molecule has 0 radical (unpaired) electrons. The number of hydrogen-bond donors (Lipinski definition) is 1. The molecule has 0 spiro atoms. The molecule has 1 heterocycles. The summed E-state index contributed by atoms with van der Waals surface area (Å²) in [5, 5.41) is 11.4. The van der Waals surface area contributed by atoms with Gasteiger partial charge in [-0.15, -0.1) is 11.3 Å². The minimum atomic E-state index is -0.848. The van der Waals surface area contributed by atoms with E-state index in [4.69, 9.17) is 9.84 Å². The number of aromatic nitrogens is 1. The van der Waals surface area contributed by atoms with E-state index in [0.717, 1.165) is 18.1 Å². The van der Waals surface area contributed by atoms with Crippen molar-refractivity contribution in [2.45, 2.75) is 32.7 Å². The number of nitrogens with zero attached hydrogens (tertiary/aromatic N) is 2. The third kappa shape index (κ3) is 4.27. The Morgan fingerprint density at radius 1 is 1.67 bits per heavy atom. The molecule has 0 aliphatic carbocycles. The Bertz CT molecular complexity index is 381. The molecule has 0 fully saturated rings. The fourth-order valence-electron chi connectivity index (χ4n) is 1.58. The van der Waals surface area contributed by atoms with Gasteiger partial charge < -0.3 is 14.7 Å². The first-order chi connectivity index (χ1) is 8.58. The predicted octanol–water partition coefficient (Wildman–Crippen LogP) is 2.02. The summed E-state index contributed by atoms with van der Waals surface area (Å²) in [7, 11) is 1.67. The first kappa shape index (κ1) is 14.9. The molecule has 0 saturated heterocycles. The second-order valence-corrected chi connectivity index (χ2v) is 4.97. The number of rotatable bonds is 8. The lowest BCUT2D eigenvalue weighted by molar-refractivity contribution is -0.136. The van der Waals surface area contributed by atoms with Crippen LogP contribution in [0, 0.1) is 0 Å². The molecule has 1 aromatic rings. The molecular formula is C12H20N2O3S. The van der Waals surface area contributed by atoms with Gasteiger partial charge in [0.1, 0.15) is 0 Å². The van der Waals surface area contributed by atoms with Crippen LogP contribution < -0.4 is 4.90 Å². The van der Waals surface area contributed by atoms with Crippen LogP contribution in [-0.2, 0) is 16.0 Å². The molecule has 1 atom stereocenters. The zero-order valence-corrected chi connectivity index (χ0v) is 11.9. The predicted molar refractivity (Wildman–Crippen MR) is 72.4 cm³/mol. The molecule has 102 valence electrons. The summed E-state index contributed by atoms with van der Waals surface area (Å²) in [5.41, 5.74) is 0.619. The summed E-state index contributed by atoms with van der Waals surface area (Å²) < 4.78 is 5.10. The van der Waals surface area contributed by atoms with E-state index in [1.807, 2.05) is 5.38 Å². The minimum Gasteiger partial charge on any atom is -0.481 e. The zero-order chi connectivity index (χ0) is 13.5. The number of anilines is 1. The number of carbonyl (C=O) groups is 1. The topological polar surface area (TPSA) is 62.7 Å². The van der Waals surface area contributed by atoms with Crippen molar-refractivity contribution in [3.8, 4) is 0 Å². The summed E-state index contributed by atoms with van der Waals surface area (Å²) in [6, 6.07) is 0.365. The van der Waals surface area contributed by atoms with E-state index in [0.29, 0.717) is 18.3 Å². The van der Waals surface area contributed by atoms with Gasteiger partial charge in [0.05, 0.1) is 18.7 Å². The van der Waals surface area contributed by atoms with Crippen molar-refractivity contribution in [2.75, 3.05) is 25.2 Å². The highest BCUT2D eigenvalue weighted by molar-refractivity contribution is 7.13. The highest BCUT2D eigenvalue weighted by Crippen LogP contribution is 2.23. The third-order valence-corrected chi connectivity index (χ3v) is 3.70. The van der Waals surface area contributed by atoms with E-state index < -0.39 is 5.97 Å². The smallest absolute Gasteiger partial charge is 0.309 e. The average molecular weight is 272 g/mol.